The number of hydrogen-bond donors (Lipinski definition) is 1. The van der Waals surface area contributed by atoms with Crippen LogP contribution in [0.4, 0.5) is 10.5 Å². The van der Waals surface area contributed by atoms with Crippen LogP contribution >= 0.6 is 11.6 Å². The Kier molecular flexibility index (Phi) is 4.71. The molecular formula is C16H19ClN4O2. The van der Waals surface area contributed by atoms with Gasteiger partial charge in [-0.15, -0.1) is 0 Å². The second-order valence-electron chi connectivity index (χ2n) is 5.52. The molecule has 1 aromatic carbocycles. The summed E-state index contributed by atoms with van der Waals surface area (Å²) in [4.78, 5) is 16.2. The van der Waals surface area contributed by atoms with Crippen LogP contribution in [0.5, 0.6) is 0 Å². The molecule has 0 unspecified atom stereocenters. The van der Waals surface area contributed by atoms with E-state index in [9.17, 15) is 4.79 Å². The highest BCUT2D eigenvalue weighted by atomic mass is 35.5. The summed E-state index contributed by atoms with van der Waals surface area (Å²) in [5.74, 6) is 0.658. The van der Waals surface area contributed by atoms with Crippen molar-refractivity contribution in [3.05, 3.63) is 46.8 Å². The van der Waals surface area contributed by atoms with Gasteiger partial charge in [0.05, 0.1) is 22.9 Å². The van der Waals surface area contributed by atoms with Gasteiger partial charge < -0.3 is 19.6 Å². The number of piperazine rings is 1. The maximum atomic E-state index is 12.2. The van der Waals surface area contributed by atoms with Crippen molar-refractivity contribution in [2.75, 3.05) is 31.1 Å². The van der Waals surface area contributed by atoms with Gasteiger partial charge in [0.15, 0.2) is 5.76 Å². The highest BCUT2D eigenvalue weighted by molar-refractivity contribution is 6.33. The number of benzene rings is 1. The predicted molar refractivity (Wildman–Crippen MR) is 88.7 cm³/mol. The number of rotatable bonds is 3. The zero-order chi connectivity index (χ0) is 16.2. The molecule has 0 bridgehead atoms. The molecule has 0 radical (unpaired) electrons. The third-order valence-corrected chi connectivity index (χ3v) is 4.17. The van der Waals surface area contributed by atoms with Crippen LogP contribution in [0, 0.1) is 6.92 Å². The number of urea groups is 1. The minimum atomic E-state index is -0.0853. The van der Waals surface area contributed by atoms with E-state index in [1.54, 1.807) is 4.90 Å². The molecule has 2 amide bonds. The Hall–Kier alpha value is -2.21. The van der Waals surface area contributed by atoms with E-state index in [0.29, 0.717) is 25.4 Å². The predicted octanol–water partition coefficient (Wildman–Crippen LogP) is 2.67. The van der Waals surface area contributed by atoms with Gasteiger partial charge in [0.2, 0.25) is 0 Å². The number of aromatic nitrogens is 1. The van der Waals surface area contributed by atoms with Gasteiger partial charge in [-0.2, -0.15) is 0 Å². The Morgan fingerprint density at radius 2 is 2.04 bits per heavy atom. The first kappa shape index (κ1) is 15.7. The van der Waals surface area contributed by atoms with Crippen molar-refractivity contribution in [3.8, 4) is 0 Å². The molecule has 0 atom stereocenters. The smallest absolute Gasteiger partial charge is 0.317 e. The van der Waals surface area contributed by atoms with Crippen LogP contribution in [0.15, 0.2) is 34.9 Å². The molecule has 23 heavy (non-hydrogen) atoms. The number of aryl methyl sites for hydroxylation is 1. The van der Waals surface area contributed by atoms with Crippen molar-refractivity contribution in [1.82, 2.24) is 15.4 Å². The lowest BCUT2D eigenvalue weighted by Gasteiger charge is -2.36. The molecule has 1 fully saturated rings. The minimum absolute atomic E-state index is 0.0853. The highest BCUT2D eigenvalue weighted by Crippen LogP contribution is 2.25. The van der Waals surface area contributed by atoms with Crippen molar-refractivity contribution in [3.63, 3.8) is 0 Å². The summed E-state index contributed by atoms with van der Waals surface area (Å²) in [5, 5.41) is 7.40. The molecule has 0 spiro atoms. The Bertz CT molecular complexity index is 680. The average Bonchev–Trinajstić information content (AvgIpc) is 2.99. The molecule has 1 saturated heterocycles. The molecular weight excluding hydrogens is 316 g/mol. The SMILES string of the molecule is Cc1cc(CNC(=O)N2CCN(c3ccccc3Cl)CC2)on1. The summed E-state index contributed by atoms with van der Waals surface area (Å²) < 4.78 is 5.08. The number of amides is 2. The summed E-state index contributed by atoms with van der Waals surface area (Å²) in [6, 6.07) is 9.51. The van der Waals surface area contributed by atoms with Crippen molar-refractivity contribution < 1.29 is 9.32 Å². The Labute approximate surface area is 140 Å². The van der Waals surface area contributed by atoms with E-state index in [2.05, 4.69) is 15.4 Å². The average molecular weight is 335 g/mol. The molecule has 1 aromatic heterocycles. The van der Waals surface area contributed by atoms with Crippen LogP contribution in [0.1, 0.15) is 11.5 Å². The number of para-hydroxylation sites is 1. The second kappa shape index (κ2) is 6.91. The van der Waals surface area contributed by atoms with Gasteiger partial charge in [-0.1, -0.05) is 28.9 Å². The fourth-order valence-corrected chi connectivity index (χ4v) is 2.89. The van der Waals surface area contributed by atoms with Crippen LogP contribution in [0.25, 0.3) is 0 Å². The topological polar surface area (TPSA) is 61.6 Å². The fraction of sp³-hybridized carbons (Fsp3) is 0.375. The molecule has 7 heteroatoms. The molecule has 3 rings (SSSR count). The highest BCUT2D eigenvalue weighted by Gasteiger charge is 2.22. The molecule has 0 aliphatic carbocycles. The number of nitrogens with one attached hydrogen (secondary N) is 1. The molecule has 6 nitrogen and oxygen atoms in total. The van der Waals surface area contributed by atoms with Gasteiger partial charge in [-0.25, -0.2) is 4.79 Å². The lowest BCUT2D eigenvalue weighted by molar-refractivity contribution is 0.192. The summed E-state index contributed by atoms with van der Waals surface area (Å²) in [5.41, 5.74) is 1.83. The Morgan fingerprint density at radius 3 is 2.70 bits per heavy atom. The Morgan fingerprint density at radius 1 is 1.30 bits per heavy atom. The minimum Gasteiger partial charge on any atom is -0.367 e. The summed E-state index contributed by atoms with van der Waals surface area (Å²) in [6.07, 6.45) is 0. The number of carbonyl (C=O) groups excluding carboxylic acids is 1. The van der Waals surface area contributed by atoms with Crippen molar-refractivity contribution in [2.24, 2.45) is 0 Å². The quantitative estimate of drug-likeness (QED) is 0.937. The van der Waals surface area contributed by atoms with Crippen LogP contribution in [-0.4, -0.2) is 42.3 Å². The number of hydrogen-bond acceptors (Lipinski definition) is 4. The first-order valence-electron chi connectivity index (χ1n) is 7.58. The third kappa shape index (κ3) is 3.76. The number of carbonyl (C=O) groups is 1. The molecule has 1 N–H and O–H groups in total. The standard InChI is InChI=1S/C16H19ClN4O2/c1-12-10-13(23-19-12)11-18-16(22)21-8-6-20(7-9-21)15-5-3-2-4-14(15)17/h2-5,10H,6-9,11H2,1H3,(H,18,22). The number of anilines is 1. The molecule has 2 aromatic rings. The van der Waals surface area contributed by atoms with Crippen LogP contribution in [-0.2, 0) is 6.54 Å². The second-order valence-corrected chi connectivity index (χ2v) is 5.93. The lowest BCUT2D eigenvalue weighted by atomic mass is 10.2. The first-order valence-corrected chi connectivity index (χ1v) is 7.96. The van der Waals surface area contributed by atoms with Gasteiger partial charge in [-0.05, 0) is 19.1 Å². The van der Waals surface area contributed by atoms with E-state index in [0.717, 1.165) is 29.5 Å². The van der Waals surface area contributed by atoms with E-state index in [1.165, 1.54) is 0 Å². The molecule has 1 aliphatic rings. The van der Waals surface area contributed by atoms with Crippen molar-refractivity contribution in [2.45, 2.75) is 13.5 Å². The largest absolute Gasteiger partial charge is 0.367 e. The summed E-state index contributed by atoms with van der Waals surface area (Å²) in [6.45, 7) is 5.04. The third-order valence-electron chi connectivity index (χ3n) is 3.85. The monoisotopic (exact) mass is 334 g/mol. The van der Waals surface area contributed by atoms with Crippen molar-refractivity contribution >= 4 is 23.3 Å². The van der Waals surface area contributed by atoms with E-state index >= 15 is 0 Å². The van der Waals surface area contributed by atoms with Crippen LogP contribution < -0.4 is 10.2 Å². The maximum Gasteiger partial charge on any atom is 0.317 e. The fourth-order valence-electron chi connectivity index (χ4n) is 2.63. The van der Waals surface area contributed by atoms with E-state index in [-0.39, 0.29) is 6.03 Å². The molecule has 1 aliphatic heterocycles. The number of halogens is 1. The lowest BCUT2D eigenvalue weighted by Crippen LogP contribution is -2.51. The van der Waals surface area contributed by atoms with E-state index in [4.69, 9.17) is 16.1 Å². The summed E-state index contributed by atoms with van der Waals surface area (Å²) in [7, 11) is 0. The summed E-state index contributed by atoms with van der Waals surface area (Å²) >= 11 is 6.23. The van der Waals surface area contributed by atoms with Crippen LogP contribution in [0.2, 0.25) is 5.02 Å². The molecule has 122 valence electrons. The van der Waals surface area contributed by atoms with Crippen molar-refractivity contribution in [1.29, 1.82) is 0 Å². The zero-order valence-electron chi connectivity index (χ0n) is 13.0. The molecule has 2 heterocycles. The normalized spacial score (nSPS) is 14.9. The Balaban J connectivity index is 1.50. The zero-order valence-corrected chi connectivity index (χ0v) is 13.7. The van der Waals surface area contributed by atoms with Crippen LogP contribution in [0.3, 0.4) is 0 Å². The molecule has 0 saturated carbocycles. The number of nitrogens with zero attached hydrogens (tertiary/aromatic N) is 3. The van der Waals surface area contributed by atoms with E-state index in [1.807, 2.05) is 37.3 Å². The van der Waals surface area contributed by atoms with Gasteiger partial charge >= 0.3 is 6.03 Å². The van der Waals surface area contributed by atoms with Gasteiger partial charge in [0.25, 0.3) is 0 Å². The van der Waals surface area contributed by atoms with Gasteiger partial charge in [-0.3, -0.25) is 0 Å². The van der Waals surface area contributed by atoms with E-state index < -0.39 is 0 Å². The van der Waals surface area contributed by atoms with Gasteiger partial charge in [0, 0.05) is 32.2 Å². The van der Waals surface area contributed by atoms with Gasteiger partial charge in [0.1, 0.15) is 0 Å². The first-order chi connectivity index (χ1) is 11.1. The maximum absolute atomic E-state index is 12.2.